The van der Waals surface area contributed by atoms with E-state index in [0.717, 1.165) is 0 Å². The zero-order valence-corrected chi connectivity index (χ0v) is 7.19. The van der Waals surface area contributed by atoms with Crippen molar-refractivity contribution in [3.05, 3.63) is 27.1 Å². The zero-order valence-electron chi connectivity index (χ0n) is 5.04. The monoisotopic (exact) mass is 274 g/mol. The Morgan fingerprint density at radius 1 is 1.18 bits per heavy atom. The maximum Gasteiger partial charge on any atom is 0.195 e. The molecule has 0 atom stereocenters. The number of rotatable bonds is 0. The summed E-state index contributed by atoms with van der Waals surface area (Å²) in [5.74, 6) is -4.90. The molecule has 0 heterocycles. The molecule has 0 aliphatic carbocycles. The van der Waals surface area contributed by atoms with E-state index in [1.807, 2.05) is 0 Å². The van der Waals surface area contributed by atoms with Crippen LogP contribution in [-0.2, 0) is 0 Å². The van der Waals surface area contributed by atoms with Crippen LogP contribution in [0.2, 0.25) is 0 Å². The number of hydrogen-bond acceptors (Lipinski definition) is 1. The van der Waals surface area contributed by atoms with Crippen molar-refractivity contribution in [1.29, 1.82) is 0 Å². The van der Waals surface area contributed by atoms with E-state index in [-0.39, 0.29) is 3.57 Å². The van der Waals surface area contributed by atoms with Crippen molar-refractivity contribution in [2.24, 2.45) is 0 Å². The van der Waals surface area contributed by atoms with Crippen molar-refractivity contribution in [1.82, 2.24) is 0 Å². The molecule has 0 aliphatic rings. The lowest BCUT2D eigenvalue weighted by molar-refractivity contribution is 0.413. The second kappa shape index (κ2) is 2.88. The van der Waals surface area contributed by atoms with Gasteiger partial charge in [0.25, 0.3) is 0 Å². The van der Waals surface area contributed by atoms with Crippen molar-refractivity contribution in [2.45, 2.75) is 0 Å². The lowest BCUT2D eigenvalue weighted by atomic mass is 10.3. The molecule has 0 unspecified atom stereocenters. The Hall–Kier alpha value is -0.460. The maximum absolute atomic E-state index is 12.5. The first-order valence-corrected chi connectivity index (χ1v) is 3.64. The highest BCUT2D eigenvalue weighted by molar-refractivity contribution is 14.1. The Bertz CT molecular complexity index is 274. The predicted molar refractivity (Wildman–Crippen MR) is 40.7 cm³/mol. The van der Waals surface area contributed by atoms with Gasteiger partial charge in [0.15, 0.2) is 17.5 Å². The molecule has 11 heavy (non-hydrogen) atoms. The Labute approximate surface area is 74.0 Å². The van der Waals surface area contributed by atoms with E-state index in [0.29, 0.717) is 6.07 Å². The highest BCUT2D eigenvalue weighted by Gasteiger charge is 2.15. The fourth-order valence-corrected chi connectivity index (χ4v) is 0.953. The summed E-state index contributed by atoms with van der Waals surface area (Å²) in [6.07, 6.45) is 0. The standard InChI is InChI=1S/C6H2F3IO/c7-2-1-3(11)6(10)5(9)4(2)8/h1,11H. The lowest BCUT2D eigenvalue weighted by Crippen LogP contribution is -1.93. The summed E-state index contributed by atoms with van der Waals surface area (Å²) in [5, 5.41) is 8.75. The van der Waals surface area contributed by atoms with Crippen LogP contribution < -0.4 is 0 Å². The Morgan fingerprint density at radius 2 is 1.73 bits per heavy atom. The molecule has 1 aromatic carbocycles. The van der Waals surface area contributed by atoms with Gasteiger partial charge in [0.2, 0.25) is 0 Å². The molecule has 0 radical (unpaired) electrons. The van der Waals surface area contributed by atoms with Gasteiger partial charge in [0.05, 0.1) is 3.57 Å². The van der Waals surface area contributed by atoms with Crippen molar-refractivity contribution in [3.8, 4) is 5.75 Å². The minimum atomic E-state index is -1.56. The van der Waals surface area contributed by atoms with Gasteiger partial charge in [0.1, 0.15) is 5.75 Å². The number of phenolic OH excluding ortho intramolecular Hbond substituents is 1. The summed E-state index contributed by atoms with van der Waals surface area (Å²) in [6.45, 7) is 0. The minimum absolute atomic E-state index is 0.318. The van der Waals surface area contributed by atoms with Gasteiger partial charge >= 0.3 is 0 Å². The fourth-order valence-electron chi connectivity index (χ4n) is 0.560. The SMILES string of the molecule is Oc1cc(F)c(F)c(F)c1I. The lowest BCUT2D eigenvalue weighted by Gasteiger charge is -1.99. The fraction of sp³-hybridized carbons (Fsp3) is 0. The van der Waals surface area contributed by atoms with Crippen LogP contribution in [0.3, 0.4) is 0 Å². The van der Waals surface area contributed by atoms with E-state index in [9.17, 15) is 13.2 Å². The van der Waals surface area contributed by atoms with Crippen LogP contribution in [0, 0.1) is 21.0 Å². The van der Waals surface area contributed by atoms with Crippen LogP contribution in [-0.4, -0.2) is 5.11 Å². The average Bonchev–Trinajstić information content (AvgIpc) is 1.97. The van der Waals surface area contributed by atoms with Crippen molar-refractivity contribution >= 4 is 22.6 Å². The Kier molecular flexibility index (Phi) is 2.26. The van der Waals surface area contributed by atoms with Crippen molar-refractivity contribution in [3.63, 3.8) is 0 Å². The number of benzene rings is 1. The summed E-state index contributed by atoms with van der Waals surface area (Å²) in [7, 11) is 0. The van der Waals surface area contributed by atoms with Gasteiger partial charge in [0, 0.05) is 6.07 Å². The molecule has 0 saturated heterocycles. The summed E-state index contributed by atoms with van der Waals surface area (Å²) >= 11 is 1.38. The quantitative estimate of drug-likeness (QED) is 0.437. The third kappa shape index (κ3) is 1.42. The van der Waals surface area contributed by atoms with E-state index in [1.165, 1.54) is 22.6 Å². The summed E-state index contributed by atoms with van der Waals surface area (Å²) in [5.41, 5.74) is 0. The molecule has 60 valence electrons. The Morgan fingerprint density at radius 3 is 2.27 bits per heavy atom. The number of hydrogen-bond donors (Lipinski definition) is 1. The molecular weight excluding hydrogens is 272 g/mol. The van der Waals surface area contributed by atoms with Gasteiger partial charge in [-0.25, -0.2) is 13.2 Å². The molecule has 0 saturated carbocycles. The molecule has 0 amide bonds. The zero-order chi connectivity index (χ0) is 8.59. The van der Waals surface area contributed by atoms with Crippen LogP contribution >= 0.6 is 22.6 Å². The molecule has 1 N–H and O–H groups in total. The third-order valence-corrected chi connectivity index (χ3v) is 2.11. The molecule has 0 aliphatic heterocycles. The number of phenols is 1. The normalized spacial score (nSPS) is 10.2. The van der Waals surface area contributed by atoms with E-state index in [4.69, 9.17) is 5.11 Å². The van der Waals surface area contributed by atoms with Gasteiger partial charge in [-0.1, -0.05) is 0 Å². The molecule has 1 rings (SSSR count). The first-order valence-electron chi connectivity index (χ1n) is 2.56. The molecule has 0 bridgehead atoms. The predicted octanol–water partition coefficient (Wildman–Crippen LogP) is 2.41. The number of halogens is 4. The van der Waals surface area contributed by atoms with Crippen LogP contribution in [0.15, 0.2) is 6.07 Å². The smallest absolute Gasteiger partial charge is 0.195 e. The largest absolute Gasteiger partial charge is 0.507 e. The topological polar surface area (TPSA) is 20.2 Å². The van der Waals surface area contributed by atoms with Crippen molar-refractivity contribution in [2.75, 3.05) is 0 Å². The summed E-state index contributed by atoms with van der Waals surface area (Å²) in [6, 6.07) is 0.528. The maximum atomic E-state index is 12.5. The van der Waals surface area contributed by atoms with Crippen LogP contribution in [0.25, 0.3) is 0 Å². The highest BCUT2D eigenvalue weighted by atomic mass is 127. The highest BCUT2D eigenvalue weighted by Crippen LogP contribution is 2.25. The molecule has 1 aromatic rings. The molecular formula is C6H2F3IO. The second-order valence-corrected chi connectivity index (χ2v) is 2.90. The molecule has 0 aromatic heterocycles. The van der Waals surface area contributed by atoms with Gasteiger partial charge in [-0.15, -0.1) is 0 Å². The Balaban J connectivity index is 3.46. The third-order valence-electron chi connectivity index (χ3n) is 1.08. The van der Waals surface area contributed by atoms with Gasteiger partial charge in [-0.2, -0.15) is 0 Å². The molecule has 5 heteroatoms. The van der Waals surface area contributed by atoms with E-state index >= 15 is 0 Å². The first kappa shape index (κ1) is 8.63. The van der Waals surface area contributed by atoms with Crippen LogP contribution in [0.5, 0.6) is 5.75 Å². The minimum Gasteiger partial charge on any atom is -0.507 e. The first-order chi connectivity index (χ1) is 5.04. The van der Waals surface area contributed by atoms with E-state index in [1.54, 1.807) is 0 Å². The van der Waals surface area contributed by atoms with Crippen molar-refractivity contribution < 1.29 is 18.3 Å². The van der Waals surface area contributed by atoms with Gasteiger partial charge < -0.3 is 5.11 Å². The van der Waals surface area contributed by atoms with Crippen LogP contribution in [0.1, 0.15) is 0 Å². The summed E-state index contributed by atoms with van der Waals surface area (Å²) < 4.78 is 36.7. The van der Waals surface area contributed by atoms with Gasteiger partial charge in [-0.05, 0) is 22.6 Å². The second-order valence-electron chi connectivity index (χ2n) is 1.82. The molecule has 1 nitrogen and oxygen atoms in total. The summed E-state index contributed by atoms with van der Waals surface area (Å²) in [4.78, 5) is 0. The van der Waals surface area contributed by atoms with E-state index < -0.39 is 23.2 Å². The molecule has 0 fully saturated rings. The average molecular weight is 274 g/mol. The number of aromatic hydroxyl groups is 1. The van der Waals surface area contributed by atoms with Gasteiger partial charge in [-0.3, -0.25) is 0 Å². The molecule has 0 spiro atoms. The van der Waals surface area contributed by atoms with E-state index in [2.05, 4.69) is 0 Å². The van der Waals surface area contributed by atoms with Crippen LogP contribution in [0.4, 0.5) is 13.2 Å².